The van der Waals surface area contributed by atoms with Crippen molar-refractivity contribution in [3.63, 3.8) is 0 Å². The van der Waals surface area contributed by atoms with Crippen molar-refractivity contribution >= 4 is 12.1 Å². The van der Waals surface area contributed by atoms with Gasteiger partial charge in [-0.25, -0.2) is 9.59 Å². The van der Waals surface area contributed by atoms with Gasteiger partial charge in [0.1, 0.15) is 11.1 Å². The lowest BCUT2D eigenvalue weighted by atomic mass is 9.82. The van der Waals surface area contributed by atoms with Crippen molar-refractivity contribution in [3.05, 3.63) is 0 Å². The third-order valence-corrected chi connectivity index (χ3v) is 4.03. The molecule has 1 aliphatic rings. The van der Waals surface area contributed by atoms with E-state index in [-0.39, 0.29) is 0 Å². The Labute approximate surface area is 127 Å². The minimum atomic E-state index is -1.11. The number of carboxylic acid groups (broad SMARTS) is 1. The van der Waals surface area contributed by atoms with Crippen LogP contribution in [0.1, 0.15) is 72.6 Å². The van der Waals surface area contributed by atoms with E-state index in [1.807, 2.05) is 6.92 Å². The second kappa shape index (κ2) is 7.14. The van der Waals surface area contributed by atoms with Crippen molar-refractivity contribution in [2.45, 2.75) is 83.8 Å². The molecule has 1 aliphatic carbocycles. The zero-order valence-electron chi connectivity index (χ0n) is 13.8. The maximum Gasteiger partial charge on any atom is 0.411 e. The van der Waals surface area contributed by atoms with E-state index in [2.05, 4.69) is 0 Å². The van der Waals surface area contributed by atoms with Gasteiger partial charge in [0.25, 0.3) is 0 Å². The summed E-state index contributed by atoms with van der Waals surface area (Å²) in [4.78, 5) is 25.8. The first kappa shape index (κ1) is 17.8. The maximum absolute atomic E-state index is 12.4. The highest BCUT2D eigenvalue weighted by atomic mass is 16.6. The van der Waals surface area contributed by atoms with E-state index in [4.69, 9.17) is 4.74 Å². The fourth-order valence-electron chi connectivity index (χ4n) is 3.01. The number of nitrogens with zero attached hydrogens (tertiary/aromatic N) is 1. The molecule has 0 aromatic rings. The molecule has 1 rings (SSSR count). The molecule has 0 atom stereocenters. The summed E-state index contributed by atoms with van der Waals surface area (Å²) in [6.07, 6.45) is 5.38. The van der Waals surface area contributed by atoms with Crippen LogP contribution in [0.25, 0.3) is 0 Å². The molecule has 0 spiro atoms. The second-order valence-electron chi connectivity index (χ2n) is 6.83. The number of aliphatic carboxylic acids is 1. The molecule has 122 valence electrons. The molecular weight excluding hydrogens is 270 g/mol. The molecule has 1 saturated carbocycles. The van der Waals surface area contributed by atoms with Gasteiger partial charge in [-0.05, 0) is 40.5 Å². The summed E-state index contributed by atoms with van der Waals surface area (Å²) in [5.74, 6) is -0.905. The number of hydrogen-bond donors (Lipinski definition) is 1. The average molecular weight is 299 g/mol. The summed E-state index contributed by atoms with van der Waals surface area (Å²) < 4.78 is 5.41. The number of likely N-dealkylation sites (N-methyl/N-ethyl adjacent to an activating group) is 1. The van der Waals surface area contributed by atoms with Crippen molar-refractivity contribution in [1.82, 2.24) is 4.90 Å². The van der Waals surface area contributed by atoms with Gasteiger partial charge in [0.05, 0.1) is 0 Å². The monoisotopic (exact) mass is 299 g/mol. The molecule has 0 aromatic carbocycles. The Hall–Kier alpha value is -1.26. The zero-order chi connectivity index (χ0) is 16.1. The van der Waals surface area contributed by atoms with E-state index < -0.39 is 23.2 Å². The van der Waals surface area contributed by atoms with Gasteiger partial charge in [-0.15, -0.1) is 0 Å². The van der Waals surface area contributed by atoms with Gasteiger partial charge in [-0.1, -0.05) is 32.1 Å². The van der Waals surface area contributed by atoms with Crippen LogP contribution in [0, 0.1) is 0 Å². The highest BCUT2D eigenvalue weighted by Gasteiger charge is 2.46. The quantitative estimate of drug-likeness (QED) is 0.860. The lowest BCUT2D eigenvalue weighted by Crippen LogP contribution is -2.58. The highest BCUT2D eigenvalue weighted by Crippen LogP contribution is 2.33. The van der Waals surface area contributed by atoms with Crippen molar-refractivity contribution in [1.29, 1.82) is 0 Å². The van der Waals surface area contributed by atoms with Gasteiger partial charge in [0.2, 0.25) is 0 Å². The molecule has 5 heteroatoms. The first-order chi connectivity index (χ1) is 9.73. The van der Waals surface area contributed by atoms with Crippen molar-refractivity contribution in [2.75, 3.05) is 6.54 Å². The molecule has 1 N–H and O–H groups in total. The van der Waals surface area contributed by atoms with Gasteiger partial charge < -0.3 is 9.84 Å². The van der Waals surface area contributed by atoms with Gasteiger partial charge in [-0.3, -0.25) is 4.90 Å². The summed E-state index contributed by atoms with van der Waals surface area (Å²) in [6.45, 7) is 7.55. The number of amides is 1. The summed E-state index contributed by atoms with van der Waals surface area (Å²) in [6, 6.07) is 0. The van der Waals surface area contributed by atoms with E-state index in [1.165, 1.54) is 4.90 Å². The molecule has 0 aliphatic heterocycles. The van der Waals surface area contributed by atoms with E-state index in [1.54, 1.807) is 20.8 Å². The largest absolute Gasteiger partial charge is 0.479 e. The van der Waals surface area contributed by atoms with Crippen molar-refractivity contribution in [3.8, 4) is 0 Å². The van der Waals surface area contributed by atoms with Crippen LogP contribution in [0.4, 0.5) is 4.79 Å². The van der Waals surface area contributed by atoms with E-state index in [0.717, 1.165) is 32.1 Å². The van der Waals surface area contributed by atoms with Crippen LogP contribution in [0.3, 0.4) is 0 Å². The Morgan fingerprint density at radius 1 is 1.10 bits per heavy atom. The summed E-state index contributed by atoms with van der Waals surface area (Å²) in [5, 5.41) is 9.80. The first-order valence-corrected chi connectivity index (χ1v) is 7.97. The zero-order valence-corrected chi connectivity index (χ0v) is 13.8. The van der Waals surface area contributed by atoms with Crippen molar-refractivity contribution < 1.29 is 19.4 Å². The fraction of sp³-hybridized carbons (Fsp3) is 0.875. The Kier molecular flexibility index (Phi) is 6.05. The molecular formula is C16H29NO4. The molecule has 0 saturated heterocycles. The Morgan fingerprint density at radius 2 is 1.57 bits per heavy atom. The molecule has 5 nitrogen and oxygen atoms in total. The van der Waals surface area contributed by atoms with Crippen LogP contribution >= 0.6 is 0 Å². The van der Waals surface area contributed by atoms with Crippen LogP contribution in [0.5, 0.6) is 0 Å². The highest BCUT2D eigenvalue weighted by molar-refractivity contribution is 5.84. The lowest BCUT2D eigenvalue weighted by molar-refractivity contribution is -0.153. The minimum absolute atomic E-state index is 0.348. The van der Waals surface area contributed by atoms with Crippen molar-refractivity contribution in [2.24, 2.45) is 0 Å². The molecule has 0 unspecified atom stereocenters. The number of rotatable bonds is 3. The third-order valence-electron chi connectivity index (χ3n) is 4.03. The summed E-state index contributed by atoms with van der Waals surface area (Å²) >= 11 is 0. The SMILES string of the molecule is CCN(C(=O)OC(C)(C)C)C1(C(=O)O)CCCCCCC1. The molecule has 0 radical (unpaired) electrons. The Bertz CT molecular complexity index is 365. The van der Waals surface area contributed by atoms with Crippen LogP contribution in [0.15, 0.2) is 0 Å². The van der Waals surface area contributed by atoms with Gasteiger partial charge >= 0.3 is 12.1 Å². The predicted molar refractivity (Wildman–Crippen MR) is 81.3 cm³/mol. The number of ether oxygens (including phenoxy) is 1. The number of carboxylic acids is 1. The maximum atomic E-state index is 12.4. The molecule has 0 heterocycles. The van der Waals surface area contributed by atoms with Crippen LogP contribution < -0.4 is 0 Å². The summed E-state index contributed by atoms with van der Waals surface area (Å²) in [5.41, 5.74) is -1.73. The summed E-state index contributed by atoms with van der Waals surface area (Å²) in [7, 11) is 0. The smallest absolute Gasteiger partial charge is 0.411 e. The van der Waals surface area contributed by atoms with Crippen LogP contribution in [0.2, 0.25) is 0 Å². The van der Waals surface area contributed by atoms with Crippen LogP contribution in [-0.4, -0.2) is 39.8 Å². The van der Waals surface area contributed by atoms with E-state index in [9.17, 15) is 14.7 Å². The third kappa shape index (κ3) is 4.61. The topological polar surface area (TPSA) is 66.8 Å². The number of carbonyl (C=O) groups is 2. The Morgan fingerprint density at radius 3 is 1.95 bits per heavy atom. The number of carbonyl (C=O) groups excluding carboxylic acids is 1. The molecule has 1 fully saturated rings. The number of hydrogen-bond acceptors (Lipinski definition) is 3. The second-order valence-corrected chi connectivity index (χ2v) is 6.83. The van der Waals surface area contributed by atoms with Crippen LogP contribution in [-0.2, 0) is 9.53 Å². The van der Waals surface area contributed by atoms with E-state index in [0.29, 0.717) is 19.4 Å². The first-order valence-electron chi connectivity index (χ1n) is 7.97. The van der Waals surface area contributed by atoms with Gasteiger partial charge in [-0.2, -0.15) is 0 Å². The minimum Gasteiger partial charge on any atom is -0.479 e. The molecule has 1 amide bonds. The van der Waals surface area contributed by atoms with Gasteiger partial charge in [0.15, 0.2) is 0 Å². The van der Waals surface area contributed by atoms with Gasteiger partial charge in [0, 0.05) is 6.54 Å². The molecule has 0 aromatic heterocycles. The molecule has 0 bridgehead atoms. The molecule has 21 heavy (non-hydrogen) atoms. The fourth-order valence-corrected chi connectivity index (χ4v) is 3.01. The Balaban J connectivity index is 3.03. The van der Waals surface area contributed by atoms with E-state index >= 15 is 0 Å². The standard InChI is InChI=1S/C16H29NO4/c1-5-17(14(20)21-15(2,3)4)16(13(18)19)11-9-7-6-8-10-12-16/h5-12H2,1-4H3,(H,18,19). The predicted octanol–water partition coefficient (Wildman–Crippen LogP) is 3.81. The normalized spacial score (nSPS) is 19.2. The average Bonchev–Trinajstić information content (AvgIpc) is 2.29. The lowest BCUT2D eigenvalue weighted by Gasteiger charge is -2.41.